The Morgan fingerprint density at radius 2 is 2.10 bits per heavy atom. The second-order valence-corrected chi connectivity index (χ2v) is 4.96. The molecular weight excluding hydrogens is 253 g/mol. The fourth-order valence-electron chi connectivity index (χ4n) is 2.52. The van der Waals surface area contributed by atoms with Crippen LogP contribution in [0.15, 0.2) is 30.3 Å². The lowest BCUT2D eigenvalue weighted by molar-refractivity contribution is 0.512. The first-order valence-corrected chi connectivity index (χ1v) is 7.16. The zero-order valence-electron chi connectivity index (χ0n) is 12.4. The normalized spacial score (nSPS) is 12.6. The van der Waals surface area contributed by atoms with Gasteiger partial charge in [0.25, 0.3) is 0 Å². The lowest BCUT2D eigenvalue weighted by Gasteiger charge is -2.19. The van der Waals surface area contributed by atoms with E-state index < -0.39 is 0 Å². The number of nitrogens with zero attached hydrogens (tertiary/aromatic N) is 2. The van der Waals surface area contributed by atoms with Gasteiger partial charge in [-0.3, -0.25) is 4.68 Å². The van der Waals surface area contributed by atoms with Gasteiger partial charge < -0.3 is 5.32 Å². The van der Waals surface area contributed by atoms with Crippen LogP contribution in [0.2, 0.25) is 0 Å². The molecule has 0 aliphatic rings. The molecule has 0 saturated heterocycles. The Labute approximate surface area is 119 Å². The molecule has 1 aromatic carbocycles. The van der Waals surface area contributed by atoms with Crippen LogP contribution >= 0.6 is 0 Å². The first kappa shape index (κ1) is 14.7. The minimum absolute atomic E-state index is 0.108. The molecule has 0 amide bonds. The highest BCUT2D eigenvalue weighted by Gasteiger charge is 2.15. The summed E-state index contributed by atoms with van der Waals surface area (Å²) in [5, 5.41) is 7.90. The van der Waals surface area contributed by atoms with Crippen molar-refractivity contribution in [1.82, 2.24) is 15.1 Å². The number of hydrogen-bond acceptors (Lipinski definition) is 2. The summed E-state index contributed by atoms with van der Waals surface area (Å²) >= 11 is 0. The molecule has 0 saturated carbocycles. The van der Waals surface area contributed by atoms with Crippen LogP contribution in [-0.4, -0.2) is 16.3 Å². The van der Waals surface area contributed by atoms with E-state index in [1.165, 1.54) is 11.8 Å². The van der Waals surface area contributed by atoms with Gasteiger partial charge in [-0.05, 0) is 44.2 Å². The number of halogens is 1. The lowest BCUT2D eigenvalue weighted by atomic mass is 10.0. The minimum Gasteiger partial charge on any atom is -0.310 e. The van der Waals surface area contributed by atoms with Crippen molar-refractivity contribution in [2.75, 3.05) is 6.54 Å². The van der Waals surface area contributed by atoms with Crippen LogP contribution in [0.25, 0.3) is 0 Å². The summed E-state index contributed by atoms with van der Waals surface area (Å²) < 4.78 is 15.4. The van der Waals surface area contributed by atoms with E-state index in [0.717, 1.165) is 30.8 Å². The molecule has 0 spiro atoms. The van der Waals surface area contributed by atoms with E-state index in [1.54, 1.807) is 12.1 Å². The molecule has 108 valence electrons. The summed E-state index contributed by atoms with van der Waals surface area (Å²) in [6, 6.07) is 9.03. The van der Waals surface area contributed by atoms with E-state index in [9.17, 15) is 4.39 Å². The van der Waals surface area contributed by atoms with Crippen molar-refractivity contribution in [2.45, 2.75) is 39.8 Å². The van der Waals surface area contributed by atoms with Crippen LogP contribution in [-0.2, 0) is 13.0 Å². The summed E-state index contributed by atoms with van der Waals surface area (Å²) in [5.41, 5.74) is 3.19. The Balaban J connectivity index is 2.25. The van der Waals surface area contributed by atoms with Crippen molar-refractivity contribution in [1.29, 1.82) is 0 Å². The molecule has 1 atom stereocenters. The van der Waals surface area contributed by atoms with Gasteiger partial charge in [0.2, 0.25) is 0 Å². The number of aromatic nitrogens is 2. The van der Waals surface area contributed by atoms with Gasteiger partial charge in [0.15, 0.2) is 0 Å². The molecule has 3 nitrogen and oxygen atoms in total. The summed E-state index contributed by atoms with van der Waals surface area (Å²) in [7, 11) is 0. The zero-order chi connectivity index (χ0) is 14.5. The van der Waals surface area contributed by atoms with Crippen LogP contribution in [0.5, 0.6) is 0 Å². The minimum atomic E-state index is -0.189. The van der Waals surface area contributed by atoms with Gasteiger partial charge in [-0.25, -0.2) is 4.39 Å². The molecule has 0 fully saturated rings. The second-order valence-electron chi connectivity index (χ2n) is 4.96. The van der Waals surface area contributed by atoms with Gasteiger partial charge in [-0.15, -0.1) is 0 Å². The Bertz CT molecular complexity index is 563. The summed E-state index contributed by atoms with van der Waals surface area (Å²) in [6.07, 6.45) is 0.811. The molecule has 0 aliphatic carbocycles. The monoisotopic (exact) mass is 275 g/mol. The number of benzene rings is 1. The van der Waals surface area contributed by atoms with Crippen LogP contribution in [0.1, 0.15) is 36.8 Å². The highest BCUT2D eigenvalue weighted by molar-refractivity contribution is 5.23. The van der Waals surface area contributed by atoms with E-state index in [2.05, 4.69) is 30.3 Å². The van der Waals surface area contributed by atoms with Crippen molar-refractivity contribution < 1.29 is 4.39 Å². The van der Waals surface area contributed by atoms with E-state index in [4.69, 9.17) is 0 Å². The quantitative estimate of drug-likeness (QED) is 0.877. The first-order chi connectivity index (χ1) is 9.63. The fourth-order valence-corrected chi connectivity index (χ4v) is 2.52. The Morgan fingerprint density at radius 1 is 1.30 bits per heavy atom. The number of likely N-dealkylation sites (N-methyl/N-ethyl adjacent to an activating group) is 1. The predicted octanol–water partition coefficient (Wildman–Crippen LogP) is 3.24. The average Bonchev–Trinajstić information content (AvgIpc) is 2.78. The average molecular weight is 275 g/mol. The van der Waals surface area contributed by atoms with Gasteiger partial charge in [0.1, 0.15) is 5.82 Å². The third kappa shape index (κ3) is 3.45. The van der Waals surface area contributed by atoms with Crippen LogP contribution in [0.4, 0.5) is 4.39 Å². The number of aryl methyl sites for hydroxylation is 2. The summed E-state index contributed by atoms with van der Waals surface area (Å²) in [4.78, 5) is 0. The van der Waals surface area contributed by atoms with E-state index in [0.29, 0.717) is 0 Å². The predicted molar refractivity (Wildman–Crippen MR) is 79.2 cm³/mol. The number of hydrogen-bond donors (Lipinski definition) is 1. The third-order valence-corrected chi connectivity index (χ3v) is 3.40. The van der Waals surface area contributed by atoms with Crippen LogP contribution in [0, 0.1) is 12.7 Å². The Hall–Kier alpha value is -1.68. The highest BCUT2D eigenvalue weighted by atomic mass is 19.1. The smallest absolute Gasteiger partial charge is 0.123 e. The molecule has 2 rings (SSSR count). The molecule has 1 N–H and O–H groups in total. The van der Waals surface area contributed by atoms with Crippen LogP contribution < -0.4 is 5.32 Å². The van der Waals surface area contributed by atoms with Crippen molar-refractivity contribution in [3.63, 3.8) is 0 Å². The van der Waals surface area contributed by atoms with Gasteiger partial charge in [-0.2, -0.15) is 5.10 Å². The highest BCUT2D eigenvalue weighted by Crippen LogP contribution is 2.20. The molecular formula is C16H22FN3. The Kier molecular flexibility index (Phi) is 4.90. The summed E-state index contributed by atoms with van der Waals surface area (Å²) in [6.45, 7) is 7.85. The maximum absolute atomic E-state index is 13.4. The van der Waals surface area contributed by atoms with Crippen molar-refractivity contribution in [3.8, 4) is 0 Å². The van der Waals surface area contributed by atoms with Crippen molar-refractivity contribution in [2.24, 2.45) is 0 Å². The van der Waals surface area contributed by atoms with Crippen molar-refractivity contribution in [3.05, 3.63) is 53.1 Å². The SMILES string of the molecule is CCNC(Cc1cc(C)nn1CC)c1cccc(F)c1. The molecule has 0 radical (unpaired) electrons. The molecule has 1 aromatic heterocycles. The molecule has 1 heterocycles. The van der Waals surface area contributed by atoms with Gasteiger partial charge >= 0.3 is 0 Å². The molecule has 2 aromatic rings. The molecule has 0 bridgehead atoms. The molecule has 1 unspecified atom stereocenters. The van der Waals surface area contributed by atoms with E-state index >= 15 is 0 Å². The second kappa shape index (κ2) is 6.66. The standard InChI is InChI=1S/C16H22FN3/c1-4-18-16(13-7-6-8-14(17)10-13)11-15-9-12(3)19-20(15)5-2/h6-10,16,18H,4-5,11H2,1-3H3. The molecule has 4 heteroatoms. The zero-order valence-corrected chi connectivity index (χ0v) is 12.4. The maximum Gasteiger partial charge on any atom is 0.123 e. The summed E-state index contributed by atoms with van der Waals surface area (Å²) in [5.74, 6) is -0.189. The number of rotatable bonds is 6. The lowest BCUT2D eigenvalue weighted by Crippen LogP contribution is -2.24. The number of nitrogens with one attached hydrogen (secondary N) is 1. The third-order valence-electron chi connectivity index (χ3n) is 3.40. The Morgan fingerprint density at radius 3 is 2.75 bits per heavy atom. The van der Waals surface area contributed by atoms with E-state index in [1.807, 2.05) is 17.7 Å². The maximum atomic E-state index is 13.4. The van der Waals surface area contributed by atoms with E-state index in [-0.39, 0.29) is 11.9 Å². The van der Waals surface area contributed by atoms with Gasteiger partial charge in [0, 0.05) is 24.7 Å². The molecule has 20 heavy (non-hydrogen) atoms. The van der Waals surface area contributed by atoms with Crippen molar-refractivity contribution >= 4 is 0 Å². The van der Waals surface area contributed by atoms with Crippen LogP contribution in [0.3, 0.4) is 0 Å². The van der Waals surface area contributed by atoms with Gasteiger partial charge in [0.05, 0.1) is 5.69 Å². The topological polar surface area (TPSA) is 29.9 Å². The molecule has 0 aliphatic heterocycles. The largest absolute Gasteiger partial charge is 0.310 e. The van der Waals surface area contributed by atoms with Gasteiger partial charge in [-0.1, -0.05) is 19.1 Å². The fraction of sp³-hybridized carbons (Fsp3) is 0.438. The first-order valence-electron chi connectivity index (χ1n) is 7.16.